The molecule has 0 bridgehead atoms. The first-order chi connectivity index (χ1) is 14.3. The summed E-state index contributed by atoms with van der Waals surface area (Å²) in [5.41, 5.74) is 0.837. The molecule has 2 N–H and O–H groups in total. The van der Waals surface area contributed by atoms with Gasteiger partial charge in [0.25, 0.3) is 0 Å². The molecule has 2 rings (SSSR count). The molecule has 9 heteroatoms. The number of methoxy groups -OCH3 is 1. The van der Waals surface area contributed by atoms with Gasteiger partial charge in [-0.1, -0.05) is 27.7 Å². The zero-order valence-corrected chi connectivity index (χ0v) is 19.5. The highest BCUT2D eigenvalue weighted by Gasteiger charge is 2.24. The fourth-order valence-electron chi connectivity index (χ4n) is 3.28. The third kappa shape index (κ3) is 7.37. The SMILES string of the molecule is CCN(CC)CCCS(=O)(=O)N[C@H](CC(C)C)c1nc(-c2ccc(OC)cc2)n[nH]1. The van der Waals surface area contributed by atoms with Gasteiger partial charge in [-0.05, 0) is 62.7 Å². The molecule has 0 unspecified atom stereocenters. The second-order valence-corrected chi connectivity index (χ2v) is 9.65. The molecule has 1 atom stereocenters. The lowest BCUT2D eigenvalue weighted by Gasteiger charge is -2.20. The van der Waals surface area contributed by atoms with Gasteiger partial charge in [-0.2, -0.15) is 5.10 Å². The van der Waals surface area contributed by atoms with Gasteiger partial charge >= 0.3 is 0 Å². The Bertz CT molecular complexity index is 861. The molecule has 2 aromatic rings. The number of hydrogen-bond donors (Lipinski definition) is 2. The smallest absolute Gasteiger partial charge is 0.212 e. The van der Waals surface area contributed by atoms with Gasteiger partial charge in [0.2, 0.25) is 10.0 Å². The van der Waals surface area contributed by atoms with Crippen LogP contribution < -0.4 is 9.46 Å². The topological polar surface area (TPSA) is 100 Å². The van der Waals surface area contributed by atoms with Crippen LogP contribution in [0.5, 0.6) is 5.75 Å². The van der Waals surface area contributed by atoms with E-state index < -0.39 is 16.1 Å². The average Bonchev–Trinajstić information content (AvgIpc) is 3.20. The highest BCUT2D eigenvalue weighted by Crippen LogP contribution is 2.23. The highest BCUT2D eigenvalue weighted by atomic mass is 32.2. The van der Waals surface area contributed by atoms with Crippen molar-refractivity contribution in [3.8, 4) is 17.1 Å². The summed E-state index contributed by atoms with van der Waals surface area (Å²) in [6.45, 7) is 10.9. The van der Waals surface area contributed by atoms with Crippen molar-refractivity contribution in [3.05, 3.63) is 30.1 Å². The Kier molecular flexibility index (Phi) is 9.26. The Morgan fingerprint density at radius 2 is 1.83 bits per heavy atom. The summed E-state index contributed by atoms with van der Waals surface area (Å²) in [5, 5.41) is 7.22. The molecule has 8 nitrogen and oxygen atoms in total. The van der Waals surface area contributed by atoms with Crippen LogP contribution in [0, 0.1) is 5.92 Å². The van der Waals surface area contributed by atoms with E-state index in [4.69, 9.17) is 4.74 Å². The maximum atomic E-state index is 12.7. The van der Waals surface area contributed by atoms with Crippen LogP contribution in [0.2, 0.25) is 0 Å². The van der Waals surface area contributed by atoms with Crippen LogP contribution in [0.25, 0.3) is 11.4 Å². The Labute approximate surface area is 180 Å². The predicted molar refractivity (Wildman–Crippen MR) is 120 cm³/mol. The molecule has 1 heterocycles. The first-order valence-corrected chi connectivity index (χ1v) is 12.2. The molecule has 0 fully saturated rings. The number of sulfonamides is 1. The van der Waals surface area contributed by atoms with Gasteiger partial charge in [0, 0.05) is 5.56 Å². The summed E-state index contributed by atoms with van der Waals surface area (Å²) in [6, 6.07) is 7.00. The van der Waals surface area contributed by atoms with Crippen molar-refractivity contribution < 1.29 is 13.2 Å². The van der Waals surface area contributed by atoms with Gasteiger partial charge < -0.3 is 9.64 Å². The monoisotopic (exact) mass is 437 g/mol. The minimum absolute atomic E-state index is 0.0948. The Hall–Kier alpha value is -1.97. The van der Waals surface area contributed by atoms with Crippen LogP contribution in [-0.2, 0) is 10.0 Å². The number of ether oxygens (including phenoxy) is 1. The number of aromatic amines is 1. The maximum absolute atomic E-state index is 12.7. The minimum atomic E-state index is -3.43. The van der Waals surface area contributed by atoms with E-state index in [1.165, 1.54) is 0 Å². The molecule has 0 aliphatic rings. The zero-order chi connectivity index (χ0) is 22.1. The summed E-state index contributed by atoms with van der Waals surface area (Å²) in [6.07, 6.45) is 1.23. The lowest BCUT2D eigenvalue weighted by atomic mass is 10.0. The number of benzene rings is 1. The average molecular weight is 438 g/mol. The number of aromatic nitrogens is 3. The van der Waals surface area contributed by atoms with E-state index in [1.54, 1.807) is 7.11 Å². The fraction of sp³-hybridized carbons (Fsp3) is 0.619. The molecule has 1 aromatic carbocycles. The van der Waals surface area contributed by atoms with Crippen molar-refractivity contribution >= 4 is 10.0 Å². The van der Waals surface area contributed by atoms with E-state index >= 15 is 0 Å². The standard InChI is InChI=1S/C21H35N5O3S/c1-6-26(7-2)13-8-14-30(27,28)25-19(15-16(3)4)21-22-20(23-24-21)17-9-11-18(29-5)12-10-17/h9-12,16,19,25H,6-8,13-15H2,1-5H3,(H,22,23,24)/t19-/m1/s1. The van der Waals surface area contributed by atoms with Crippen LogP contribution in [0.1, 0.15) is 52.4 Å². The highest BCUT2D eigenvalue weighted by molar-refractivity contribution is 7.89. The van der Waals surface area contributed by atoms with Crippen molar-refractivity contribution in [2.75, 3.05) is 32.5 Å². The molecule has 1 aromatic heterocycles. The van der Waals surface area contributed by atoms with Crippen molar-refractivity contribution in [2.45, 2.75) is 46.6 Å². The van der Waals surface area contributed by atoms with E-state index in [1.807, 2.05) is 24.3 Å². The van der Waals surface area contributed by atoms with Crippen LogP contribution in [0.3, 0.4) is 0 Å². The molecule has 0 saturated heterocycles. The summed E-state index contributed by atoms with van der Waals surface area (Å²) in [7, 11) is -1.82. The molecule has 0 saturated carbocycles. The lowest BCUT2D eigenvalue weighted by Crippen LogP contribution is -2.34. The van der Waals surface area contributed by atoms with E-state index in [2.05, 4.69) is 52.5 Å². The summed E-state index contributed by atoms with van der Waals surface area (Å²) in [5.74, 6) is 2.20. The van der Waals surface area contributed by atoms with E-state index in [9.17, 15) is 8.42 Å². The minimum Gasteiger partial charge on any atom is -0.497 e. The van der Waals surface area contributed by atoms with Crippen LogP contribution in [0.4, 0.5) is 0 Å². The molecular weight excluding hydrogens is 402 g/mol. The van der Waals surface area contributed by atoms with E-state index in [0.717, 1.165) is 30.9 Å². The quantitative estimate of drug-likeness (QED) is 0.499. The third-order valence-corrected chi connectivity index (χ3v) is 6.46. The number of hydrogen-bond acceptors (Lipinski definition) is 6. The largest absolute Gasteiger partial charge is 0.497 e. The Morgan fingerprint density at radius 3 is 2.40 bits per heavy atom. The second-order valence-electron chi connectivity index (χ2n) is 7.77. The summed E-state index contributed by atoms with van der Waals surface area (Å²) >= 11 is 0. The fourth-order valence-corrected chi connectivity index (χ4v) is 4.55. The zero-order valence-electron chi connectivity index (χ0n) is 18.7. The summed E-state index contributed by atoms with van der Waals surface area (Å²) < 4.78 is 33.4. The number of nitrogens with zero attached hydrogens (tertiary/aromatic N) is 3. The van der Waals surface area contributed by atoms with Crippen LogP contribution in [-0.4, -0.2) is 61.0 Å². The number of nitrogens with one attached hydrogen (secondary N) is 2. The van der Waals surface area contributed by atoms with Crippen molar-refractivity contribution in [1.82, 2.24) is 24.8 Å². The van der Waals surface area contributed by atoms with Gasteiger partial charge in [-0.3, -0.25) is 5.10 Å². The number of rotatable bonds is 13. The molecule has 30 heavy (non-hydrogen) atoms. The second kappa shape index (κ2) is 11.4. The van der Waals surface area contributed by atoms with Gasteiger partial charge in [-0.15, -0.1) is 0 Å². The Morgan fingerprint density at radius 1 is 1.17 bits per heavy atom. The molecule has 0 radical (unpaired) electrons. The molecule has 0 amide bonds. The normalized spacial score (nSPS) is 13.2. The van der Waals surface area contributed by atoms with Gasteiger partial charge in [0.05, 0.1) is 18.9 Å². The Balaban J connectivity index is 2.10. The predicted octanol–water partition coefficient (Wildman–Crippen LogP) is 3.22. The molecule has 0 aliphatic carbocycles. The first kappa shape index (κ1) is 24.3. The van der Waals surface area contributed by atoms with E-state index in [-0.39, 0.29) is 5.75 Å². The molecule has 0 spiro atoms. The van der Waals surface area contributed by atoms with Gasteiger partial charge in [0.15, 0.2) is 5.82 Å². The van der Waals surface area contributed by atoms with E-state index in [0.29, 0.717) is 30.4 Å². The molecular formula is C21H35N5O3S. The number of H-pyrrole nitrogens is 1. The van der Waals surface area contributed by atoms with Crippen molar-refractivity contribution in [1.29, 1.82) is 0 Å². The molecule has 168 valence electrons. The molecule has 0 aliphatic heterocycles. The van der Waals surface area contributed by atoms with Crippen molar-refractivity contribution in [3.63, 3.8) is 0 Å². The lowest BCUT2D eigenvalue weighted by molar-refractivity contribution is 0.304. The van der Waals surface area contributed by atoms with Gasteiger partial charge in [0.1, 0.15) is 11.6 Å². The van der Waals surface area contributed by atoms with Crippen molar-refractivity contribution in [2.24, 2.45) is 5.92 Å². The summed E-state index contributed by atoms with van der Waals surface area (Å²) in [4.78, 5) is 6.79. The van der Waals surface area contributed by atoms with Crippen LogP contribution in [0.15, 0.2) is 24.3 Å². The third-order valence-electron chi connectivity index (χ3n) is 4.99. The van der Waals surface area contributed by atoms with Gasteiger partial charge in [-0.25, -0.2) is 18.1 Å². The van der Waals surface area contributed by atoms with Crippen LogP contribution >= 0.6 is 0 Å². The maximum Gasteiger partial charge on any atom is 0.212 e. The first-order valence-electron chi connectivity index (χ1n) is 10.6.